The molecule has 1 rings (SSSR count). The monoisotopic (exact) mass is 241 g/mol. The Kier molecular flexibility index (Phi) is 10.5. The molecule has 0 fully saturated rings. The van der Waals surface area contributed by atoms with Crippen molar-refractivity contribution in [3.05, 3.63) is 41.2 Å². The molecule has 1 atom stereocenters. The van der Waals surface area contributed by atoms with Crippen LogP contribution >= 0.6 is 0 Å². The quantitative estimate of drug-likeness (QED) is 0.630. The predicted octanol–water partition coefficient (Wildman–Crippen LogP) is 1.33. The molecule has 0 amide bonds. The van der Waals surface area contributed by atoms with Gasteiger partial charge in [0.05, 0.1) is 0 Å². The van der Waals surface area contributed by atoms with Gasteiger partial charge in [0, 0.05) is 13.2 Å². The van der Waals surface area contributed by atoms with Gasteiger partial charge in [-0.25, -0.2) is 0 Å². The number of ether oxygens (including phenoxy) is 1. The molecule has 1 aromatic rings. The van der Waals surface area contributed by atoms with Gasteiger partial charge in [0.15, 0.2) is 0 Å². The molecule has 0 N–H and O–H groups in total. The van der Waals surface area contributed by atoms with E-state index in [0.717, 1.165) is 19.4 Å². The number of hydrogen-bond donors (Lipinski definition) is 0. The van der Waals surface area contributed by atoms with Crippen LogP contribution in [0.1, 0.15) is 45.2 Å². The summed E-state index contributed by atoms with van der Waals surface area (Å²) in [7, 11) is 0. The van der Waals surface area contributed by atoms with E-state index < -0.39 is 0 Å². The number of rotatable bonds is 8. The van der Waals surface area contributed by atoms with Gasteiger partial charge in [-0.3, -0.25) is 0 Å². The molecule has 0 aliphatic rings. The van der Waals surface area contributed by atoms with Crippen molar-refractivity contribution < 1.29 is 23.6 Å². The minimum absolute atomic E-state index is 0. The van der Waals surface area contributed by atoms with Crippen molar-refractivity contribution in [2.24, 2.45) is 0 Å². The fraction of sp³-hybridized carbons (Fsp3) is 0.600. The maximum atomic E-state index is 5.55. The molecule has 1 aromatic carbocycles. The Balaban J connectivity index is 0.00000289. The zero-order valence-corrected chi connectivity index (χ0v) is 12.2. The second-order valence-electron chi connectivity index (χ2n) is 4.21. The Bertz CT molecular complexity index is 288. The molecule has 0 bridgehead atoms. The van der Waals surface area contributed by atoms with Gasteiger partial charge >= 0.3 is 18.9 Å². The van der Waals surface area contributed by atoms with Crippen molar-refractivity contribution in [1.29, 1.82) is 0 Å². The van der Waals surface area contributed by atoms with Gasteiger partial charge in [-0.15, -0.1) is 6.04 Å². The van der Waals surface area contributed by atoms with Gasteiger partial charge in [-0.1, -0.05) is 68.6 Å². The maximum Gasteiger partial charge on any atom is 1.00 e. The van der Waals surface area contributed by atoms with E-state index in [1.165, 1.54) is 5.56 Å². The molecule has 0 saturated carbocycles. The first-order valence-electron chi connectivity index (χ1n) is 6.64. The zero-order valence-electron chi connectivity index (χ0n) is 12.2. The third-order valence-corrected chi connectivity index (χ3v) is 3.00. The Morgan fingerprint density at radius 3 is 2.17 bits per heavy atom. The smallest absolute Gasteiger partial charge is 0.651 e. The molecule has 0 aliphatic heterocycles. The second kappa shape index (κ2) is 10.6. The summed E-state index contributed by atoms with van der Waals surface area (Å²) < 4.78 is 5.55. The molecule has 0 radical (unpaired) electrons. The van der Waals surface area contributed by atoms with E-state index in [1.54, 1.807) is 0 Å². The second-order valence-corrected chi connectivity index (χ2v) is 4.21. The van der Waals surface area contributed by atoms with Crippen molar-refractivity contribution in [2.75, 3.05) is 13.2 Å². The van der Waals surface area contributed by atoms with Gasteiger partial charge in [0.2, 0.25) is 0 Å². The van der Waals surface area contributed by atoms with E-state index in [9.17, 15) is 0 Å². The van der Waals surface area contributed by atoms with Crippen LogP contribution in [0.5, 0.6) is 0 Å². The van der Waals surface area contributed by atoms with E-state index in [2.05, 4.69) is 38.1 Å². The van der Waals surface area contributed by atoms with Crippen molar-refractivity contribution >= 4 is 0 Å². The van der Waals surface area contributed by atoms with Crippen molar-refractivity contribution in [2.45, 2.75) is 45.7 Å². The normalized spacial score (nSPS) is 12.2. The molecule has 3 heteroatoms. The van der Waals surface area contributed by atoms with Gasteiger partial charge in [-0.2, -0.15) is 0 Å². The third-order valence-electron chi connectivity index (χ3n) is 3.00. The van der Waals surface area contributed by atoms with E-state index in [0.29, 0.717) is 12.6 Å². The van der Waals surface area contributed by atoms with Crippen LogP contribution in [0.2, 0.25) is 0 Å². The zero-order chi connectivity index (χ0) is 12.5. The minimum Gasteiger partial charge on any atom is -0.651 e. The summed E-state index contributed by atoms with van der Waals surface area (Å²) in [6.07, 6.45) is 2.21. The van der Waals surface area contributed by atoms with Crippen LogP contribution in [0.15, 0.2) is 30.3 Å². The predicted molar refractivity (Wildman–Crippen MR) is 73.4 cm³/mol. The largest absolute Gasteiger partial charge is 1.00 e. The topological polar surface area (TPSA) is 23.3 Å². The number of nitrogens with zero attached hydrogens (tertiary/aromatic N) is 1. The van der Waals surface area contributed by atoms with Crippen LogP contribution in [-0.4, -0.2) is 19.3 Å². The van der Waals surface area contributed by atoms with E-state index in [1.807, 2.05) is 13.0 Å². The summed E-state index contributed by atoms with van der Waals surface area (Å²) in [5.41, 5.74) is 1.26. The molecule has 0 unspecified atom stereocenters. The number of hydrogen-bond acceptors (Lipinski definition) is 1. The molecule has 0 aromatic heterocycles. The molecule has 18 heavy (non-hydrogen) atoms. The molecule has 0 saturated heterocycles. The molecule has 2 nitrogen and oxygen atoms in total. The molecule has 96 valence electrons. The standard InChI is InChI=1S/C15H24NO.Li/c1-4-14(5-2)16-15(12-17-6-3)13-10-8-7-9-11-13;/h7-11,14-15H,4-6,12H2,1-3H3;/q-1;+1/t15-;/m1./s1. The van der Waals surface area contributed by atoms with E-state index >= 15 is 0 Å². The van der Waals surface area contributed by atoms with Crippen LogP contribution in [0.4, 0.5) is 0 Å². The number of benzene rings is 1. The summed E-state index contributed by atoms with van der Waals surface area (Å²) in [6.45, 7) is 7.86. The molecular weight excluding hydrogens is 217 g/mol. The average molecular weight is 241 g/mol. The Labute approximate surface area is 124 Å². The first-order chi connectivity index (χ1) is 8.31. The van der Waals surface area contributed by atoms with Crippen molar-refractivity contribution in [3.63, 3.8) is 0 Å². The Morgan fingerprint density at radius 1 is 1.06 bits per heavy atom. The summed E-state index contributed by atoms with van der Waals surface area (Å²) in [5.74, 6) is 0. The first-order valence-corrected chi connectivity index (χ1v) is 6.64. The molecule has 0 heterocycles. The molecule has 0 aliphatic carbocycles. The van der Waals surface area contributed by atoms with E-state index in [4.69, 9.17) is 10.1 Å². The summed E-state index contributed by atoms with van der Waals surface area (Å²) >= 11 is 0. The molecular formula is C15H24LiNO. The maximum absolute atomic E-state index is 5.55. The van der Waals surface area contributed by atoms with Gasteiger partial charge in [-0.05, 0) is 6.92 Å². The van der Waals surface area contributed by atoms with Gasteiger partial charge < -0.3 is 10.1 Å². The fourth-order valence-corrected chi connectivity index (χ4v) is 1.88. The van der Waals surface area contributed by atoms with Crippen LogP contribution in [-0.2, 0) is 4.74 Å². The van der Waals surface area contributed by atoms with Gasteiger partial charge in [0.1, 0.15) is 0 Å². The van der Waals surface area contributed by atoms with Crippen LogP contribution in [0, 0.1) is 0 Å². The minimum atomic E-state index is 0. The Morgan fingerprint density at radius 2 is 1.67 bits per heavy atom. The summed E-state index contributed by atoms with van der Waals surface area (Å²) in [4.78, 5) is 0. The van der Waals surface area contributed by atoms with Gasteiger partial charge in [0.25, 0.3) is 0 Å². The third kappa shape index (κ3) is 6.07. The van der Waals surface area contributed by atoms with E-state index in [-0.39, 0.29) is 24.9 Å². The SMILES string of the molecule is CCOC[C@@H]([N-]C(CC)CC)c1ccccc1.[Li+]. The first kappa shape index (κ1) is 17.7. The van der Waals surface area contributed by atoms with Crippen molar-refractivity contribution in [1.82, 2.24) is 0 Å². The summed E-state index contributed by atoms with van der Waals surface area (Å²) in [5, 5.41) is 4.90. The fourth-order valence-electron chi connectivity index (χ4n) is 1.88. The molecule has 0 spiro atoms. The van der Waals surface area contributed by atoms with Crippen molar-refractivity contribution in [3.8, 4) is 0 Å². The van der Waals surface area contributed by atoms with Crippen LogP contribution in [0.25, 0.3) is 5.32 Å². The van der Waals surface area contributed by atoms with Crippen LogP contribution in [0.3, 0.4) is 0 Å². The average Bonchev–Trinajstić information content (AvgIpc) is 2.40. The Hall–Kier alpha value is -0.263. The summed E-state index contributed by atoms with van der Waals surface area (Å²) in [6, 6.07) is 11.1. The van der Waals surface area contributed by atoms with Crippen LogP contribution < -0.4 is 18.9 Å².